The highest BCUT2D eigenvalue weighted by Gasteiger charge is 2.15. The van der Waals surface area contributed by atoms with E-state index in [1.54, 1.807) is 7.05 Å². The molecule has 0 atom stereocenters. The van der Waals surface area contributed by atoms with Crippen LogP contribution < -0.4 is 14.8 Å². The van der Waals surface area contributed by atoms with Crippen LogP contribution in [0.1, 0.15) is 37.0 Å². The van der Waals surface area contributed by atoms with E-state index in [2.05, 4.69) is 20.4 Å². The van der Waals surface area contributed by atoms with Crippen LogP contribution in [0.2, 0.25) is 0 Å². The highest BCUT2D eigenvalue weighted by molar-refractivity contribution is 5.79. The Morgan fingerprint density at radius 1 is 1.31 bits per heavy atom. The van der Waals surface area contributed by atoms with Crippen LogP contribution in [0.15, 0.2) is 27.7 Å². The lowest BCUT2D eigenvalue weighted by Crippen LogP contribution is -2.39. The van der Waals surface area contributed by atoms with Gasteiger partial charge in [0.1, 0.15) is 0 Å². The number of rotatable bonds is 6. The van der Waals surface area contributed by atoms with Crippen LogP contribution in [0, 0.1) is 0 Å². The Morgan fingerprint density at radius 2 is 2.12 bits per heavy atom. The first-order valence-electron chi connectivity index (χ1n) is 8.69. The van der Waals surface area contributed by atoms with Crippen LogP contribution in [-0.2, 0) is 13.0 Å². The predicted molar refractivity (Wildman–Crippen MR) is 97.5 cm³/mol. The summed E-state index contributed by atoms with van der Waals surface area (Å²) in [7, 11) is 3.76. The van der Waals surface area contributed by atoms with Crippen LogP contribution in [0.5, 0.6) is 11.5 Å². The van der Waals surface area contributed by atoms with E-state index in [9.17, 15) is 0 Å². The predicted octanol–water partition coefficient (Wildman–Crippen LogP) is 2.17. The molecule has 0 radical (unpaired) electrons. The molecule has 1 aromatic carbocycles. The Labute approximate surface area is 153 Å². The Hall–Kier alpha value is -2.77. The molecule has 8 heteroatoms. The van der Waals surface area contributed by atoms with Crippen molar-refractivity contribution < 1.29 is 14.0 Å². The third-order valence-electron chi connectivity index (χ3n) is 4.05. The van der Waals surface area contributed by atoms with E-state index < -0.39 is 0 Å². The smallest absolute Gasteiger partial charge is 0.231 e. The molecule has 1 aliphatic rings. The van der Waals surface area contributed by atoms with E-state index in [1.165, 1.54) is 0 Å². The molecule has 26 heavy (non-hydrogen) atoms. The summed E-state index contributed by atoms with van der Waals surface area (Å²) in [5.74, 6) is 4.02. The highest BCUT2D eigenvalue weighted by Crippen LogP contribution is 2.32. The van der Waals surface area contributed by atoms with Gasteiger partial charge in [-0.3, -0.25) is 4.99 Å². The van der Waals surface area contributed by atoms with Gasteiger partial charge in [0.05, 0.1) is 0 Å². The van der Waals surface area contributed by atoms with Crippen molar-refractivity contribution in [2.24, 2.45) is 4.99 Å². The van der Waals surface area contributed by atoms with Gasteiger partial charge in [0.25, 0.3) is 0 Å². The molecular formula is C18H25N5O3. The van der Waals surface area contributed by atoms with Gasteiger partial charge in [-0.05, 0) is 17.7 Å². The van der Waals surface area contributed by atoms with Gasteiger partial charge in [0.2, 0.25) is 12.7 Å². The molecule has 0 unspecified atom stereocenters. The molecule has 140 valence electrons. The van der Waals surface area contributed by atoms with Crippen molar-refractivity contribution in [2.45, 2.75) is 32.7 Å². The molecule has 1 N–H and O–H groups in total. The summed E-state index contributed by atoms with van der Waals surface area (Å²) in [6, 6.07) is 5.96. The van der Waals surface area contributed by atoms with Crippen molar-refractivity contribution in [3.8, 4) is 11.5 Å². The monoisotopic (exact) mass is 359 g/mol. The summed E-state index contributed by atoms with van der Waals surface area (Å²) in [5.41, 5.74) is 1.12. The van der Waals surface area contributed by atoms with Crippen molar-refractivity contribution in [1.29, 1.82) is 0 Å². The second-order valence-corrected chi connectivity index (χ2v) is 6.47. The van der Waals surface area contributed by atoms with Gasteiger partial charge in [0, 0.05) is 39.5 Å². The van der Waals surface area contributed by atoms with Crippen molar-refractivity contribution in [3.05, 3.63) is 35.5 Å². The maximum absolute atomic E-state index is 5.43. The molecule has 2 heterocycles. The number of guanidine groups is 1. The van der Waals surface area contributed by atoms with Crippen LogP contribution in [-0.4, -0.2) is 48.4 Å². The Bertz CT molecular complexity index is 772. The minimum absolute atomic E-state index is 0.265. The van der Waals surface area contributed by atoms with Gasteiger partial charge in [-0.25, -0.2) is 0 Å². The van der Waals surface area contributed by atoms with E-state index in [0.717, 1.165) is 28.8 Å². The summed E-state index contributed by atoms with van der Waals surface area (Å²) in [6.07, 6.45) is 0.649. The van der Waals surface area contributed by atoms with Gasteiger partial charge in [-0.1, -0.05) is 25.1 Å². The van der Waals surface area contributed by atoms with Crippen LogP contribution in [0.25, 0.3) is 0 Å². The first-order valence-corrected chi connectivity index (χ1v) is 8.69. The minimum Gasteiger partial charge on any atom is -0.454 e. The van der Waals surface area contributed by atoms with Gasteiger partial charge in [0.15, 0.2) is 23.3 Å². The van der Waals surface area contributed by atoms with Crippen LogP contribution in [0.3, 0.4) is 0 Å². The Balaban J connectivity index is 1.51. The fourth-order valence-corrected chi connectivity index (χ4v) is 2.66. The number of hydrogen-bond acceptors (Lipinski definition) is 6. The SMILES string of the molecule is CN=C(NCCc1nc(C(C)C)no1)N(C)Cc1ccc2c(c1)OCO2. The minimum atomic E-state index is 0.265. The van der Waals surface area contributed by atoms with Gasteiger partial charge in [-0.2, -0.15) is 4.98 Å². The molecule has 0 aliphatic carbocycles. The lowest BCUT2D eigenvalue weighted by atomic mass is 10.2. The molecule has 0 amide bonds. The summed E-state index contributed by atoms with van der Waals surface area (Å²) in [5, 5.41) is 7.30. The molecule has 0 fully saturated rings. The number of aliphatic imine (C=N–C) groups is 1. The number of fused-ring (bicyclic) bond motifs is 1. The zero-order valence-corrected chi connectivity index (χ0v) is 15.7. The topological polar surface area (TPSA) is 85.0 Å². The molecular weight excluding hydrogens is 334 g/mol. The summed E-state index contributed by atoms with van der Waals surface area (Å²) in [4.78, 5) is 10.8. The summed E-state index contributed by atoms with van der Waals surface area (Å²) >= 11 is 0. The van der Waals surface area contributed by atoms with E-state index in [1.807, 2.05) is 44.0 Å². The Morgan fingerprint density at radius 3 is 2.85 bits per heavy atom. The van der Waals surface area contributed by atoms with Crippen LogP contribution >= 0.6 is 0 Å². The number of ether oxygens (including phenoxy) is 2. The number of nitrogens with zero attached hydrogens (tertiary/aromatic N) is 4. The average molecular weight is 359 g/mol. The molecule has 3 rings (SSSR count). The normalized spacial score (nSPS) is 13.3. The number of aromatic nitrogens is 2. The number of benzene rings is 1. The molecule has 0 bridgehead atoms. The molecule has 2 aromatic rings. The first-order chi connectivity index (χ1) is 12.6. The lowest BCUT2D eigenvalue weighted by Gasteiger charge is -2.22. The maximum atomic E-state index is 5.43. The van der Waals surface area contributed by atoms with Crippen LogP contribution in [0.4, 0.5) is 0 Å². The Kier molecular flexibility index (Phi) is 5.60. The van der Waals surface area contributed by atoms with Crippen molar-refractivity contribution in [2.75, 3.05) is 27.4 Å². The molecule has 8 nitrogen and oxygen atoms in total. The average Bonchev–Trinajstić information content (AvgIpc) is 3.27. The van der Waals surface area contributed by atoms with E-state index in [0.29, 0.717) is 25.4 Å². The third kappa shape index (κ3) is 4.25. The maximum Gasteiger partial charge on any atom is 0.231 e. The standard InChI is InChI=1S/C18H25N5O3/c1-12(2)17-21-16(26-22-17)7-8-20-18(19-3)23(4)10-13-5-6-14-15(9-13)25-11-24-14/h5-6,9,12H,7-8,10-11H2,1-4H3,(H,19,20). The zero-order chi connectivity index (χ0) is 18.5. The fourth-order valence-electron chi connectivity index (χ4n) is 2.66. The molecule has 1 aliphatic heterocycles. The largest absolute Gasteiger partial charge is 0.454 e. The van der Waals surface area contributed by atoms with Crippen molar-refractivity contribution in [3.63, 3.8) is 0 Å². The highest BCUT2D eigenvalue weighted by atomic mass is 16.7. The lowest BCUT2D eigenvalue weighted by molar-refractivity contribution is 0.174. The molecule has 0 spiro atoms. The molecule has 0 saturated heterocycles. The second-order valence-electron chi connectivity index (χ2n) is 6.47. The molecule has 0 saturated carbocycles. The van der Waals surface area contributed by atoms with E-state index in [-0.39, 0.29) is 12.7 Å². The molecule has 1 aromatic heterocycles. The van der Waals surface area contributed by atoms with Crippen molar-refractivity contribution >= 4 is 5.96 Å². The van der Waals surface area contributed by atoms with Gasteiger partial charge >= 0.3 is 0 Å². The second kappa shape index (κ2) is 8.07. The summed E-state index contributed by atoms with van der Waals surface area (Å²) < 4.78 is 16.0. The van der Waals surface area contributed by atoms with Gasteiger partial charge in [-0.15, -0.1) is 0 Å². The zero-order valence-electron chi connectivity index (χ0n) is 15.7. The first kappa shape index (κ1) is 18.0. The quantitative estimate of drug-likeness (QED) is 0.625. The van der Waals surface area contributed by atoms with E-state index >= 15 is 0 Å². The fraction of sp³-hybridized carbons (Fsp3) is 0.500. The van der Waals surface area contributed by atoms with Gasteiger partial charge < -0.3 is 24.2 Å². The van der Waals surface area contributed by atoms with E-state index in [4.69, 9.17) is 14.0 Å². The van der Waals surface area contributed by atoms with Crippen molar-refractivity contribution in [1.82, 2.24) is 20.4 Å². The third-order valence-corrected chi connectivity index (χ3v) is 4.05. The summed E-state index contributed by atoms with van der Waals surface area (Å²) in [6.45, 7) is 5.73. The number of nitrogens with one attached hydrogen (secondary N) is 1. The number of hydrogen-bond donors (Lipinski definition) is 1.